The van der Waals surface area contributed by atoms with Crippen molar-refractivity contribution in [3.63, 3.8) is 0 Å². The Morgan fingerprint density at radius 2 is 2.18 bits per heavy atom. The number of rotatable bonds is 6. The Bertz CT molecular complexity index is 1060. The first-order valence-corrected chi connectivity index (χ1v) is 9.40. The van der Waals surface area contributed by atoms with Gasteiger partial charge in [-0.25, -0.2) is 14.9 Å². The van der Waals surface area contributed by atoms with Crippen molar-refractivity contribution in [1.29, 1.82) is 0 Å². The molecule has 4 rings (SSSR count). The molecule has 0 aliphatic heterocycles. The summed E-state index contributed by atoms with van der Waals surface area (Å²) in [6.07, 6.45) is 3.72. The Morgan fingerprint density at radius 3 is 2.89 bits per heavy atom. The number of amides is 1. The van der Waals surface area contributed by atoms with Crippen LogP contribution in [0.5, 0.6) is 0 Å². The highest BCUT2D eigenvalue weighted by Crippen LogP contribution is 2.33. The minimum atomic E-state index is -0.556. The van der Waals surface area contributed by atoms with Gasteiger partial charge in [0.2, 0.25) is 0 Å². The normalized spacial score (nSPS) is 13.7. The highest BCUT2D eigenvalue weighted by molar-refractivity contribution is 6.30. The number of nitrogens with zero attached hydrogens (tertiary/aromatic N) is 2. The van der Waals surface area contributed by atoms with Crippen LogP contribution < -0.4 is 10.8 Å². The monoisotopic (exact) mass is 402 g/mol. The molecule has 0 atom stereocenters. The summed E-state index contributed by atoms with van der Waals surface area (Å²) in [4.78, 5) is 22.2. The van der Waals surface area contributed by atoms with Crippen molar-refractivity contribution < 1.29 is 14.0 Å². The molecule has 2 aromatic carbocycles. The van der Waals surface area contributed by atoms with Crippen LogP contribution in [-0.2, 0) is 11.9 Å². The van der Waals surface area contributed by atoms with Crippen molar-refractivity contribution in [2.45, 2.75) is 19.8 Å². The second kappa shape index (κ2) is 7.41. The largest absolute Gasteiger partial charge is 0.352 e. The lowest BCUT2D eigenvalue weighted by molar-refractivity contribution is 0.0271. The number of fused-ring (bicyclic) bond motifs is 1. The number of benzene rings is 2. The van der Waals surface area contributed by atoms with Crippen LogP contribution in [0, 0.1) is 18.7 Å². The van der Waals surface area contributed by atoms with E-state index in [1.165, 1.54) is 6.33 Å². The molecule has 0 spiro atoms. The fourth-order valence-corrected chi connectivity index (χ4v) is 3.26. The molecule has 1 aromatic heterocycles. The number of aromatic nitrogens is 2. The first kappa shape index (κ1) is 18.7. The van der Waals surface area contributed by atoms with Crippen molar-refractivity contribution in [2.24, 2.45) is 13.0 Å². The Kier molecular flexibility index (Phi) is 4.95. The molecule has 3 aromatic rings. The summed E-state index contributed by atoms with van der Waals surface area (Å²) in [5, 5.41) is 3.63. The number of anilines is 2. The fourth-order valence-electron chi connectivity index (χ4n) is 3.03. The number of hydroxylamine groups is 1. The zero-order valence-electron chi connectivity index (χ0n) is 15.6. The lowest BCUT2D eigenvalue weighted by Crippen LogP contribution is -2.26. The van der Waals surface area contributed by atoms with Gasteiger partial charge in [-0.2, -0.15) is 0 Å². The standard InChI is InChI=1S/C20H20ClFN4O2/c1-11-7-13(21)5-6-15(11)24-18-14(20(27)25-28-9-12-3-4-12)8-16-19(17(18)22)26(2)10-23-16/h5-8,10,12,24H,3-4,9H2,1-2H3,(H,25,27). The van der Waals surface area contributed by atoms with E-state index in [9.17, 15) is 4.79 Å². The second-order valence-electron chi connectivity index (χ2n) is 7.11. The molecule has 1 saturated carbocycles. The Morgan fingerprint density at radius 1 is 1.39 bits per heavy atom. The molecular weight excluding hydrogens is 383 g/mol. The summed E-state index contributed by atoms with van der Waals surface area (Å²) in [5.74, 6) is -0.593. The topological polar surface area (TPSA) is 68.2 Å². The number of imidazole rings is 1. The number of nitrogens with one attached hydrogen (secondary N) is 2. The molecule has 1 aliphatic carbocycles. The van der Waals surface area contributed by atoms with E-state index in [-0.39, 0.29) is 11.3 Å². The summed E-state index contributed by atoms with van der Waals surface area (Å²) in [7, 11) is 1.70. The van der Waals surface area contributed by atoms with E-state index in [2.05, 4.69) is 15.8 Å². The molecule has 1 heterocycles. The van der Waals surface area contributed by atoms with Gasteiger partial charge in [0, 0.05) is 17.8 Å². The van der Waals surface area contributed by atoms with Crippen LogP contribution in [0.2, 0.25) is 5.02 Å². The summed E-state index contributed by atoms with van der Waals surface area (Å²) in [6.45, 7) is 2.31. The highest BCUT2D eigenvalue weighted by atomic mass is 35.5. The lowest BCUT2D eigenvalue weighted by Gasteiger charge is -2.16. The van der Waals surface area contributed by atoms with Gasteiger partial charge in [-0.15, -0.1) is 0 Å². The SMILES string of the molecule is Cc1cc(Cl)ccc1Nc1c(C(=O)NOCC2CC2)cc2ncn(C)c2c1F. The molecule has 146 valence electrons. The van der Waals surface area contributed by atoms with Gasteiger partial charge in [0.25, 0.3) is 5.91 Å². The predicted molar refractivity (Wildman–Crippen MR) is 106 cm³/mol. The smallest absolute Gasteiger partial charge is 0.277 e. The second-order valence-corrected chi connectivity index (χ2v) is 7.54. The molecule has 6 nitrogen and oxygen atoms in total. The van der Waals surface area contributed by atoms with Crippen LogP contribution in [0.15, 0.2) is 30.6 Å². The quantitative estimate of drug-likeness (QED) is 0.596. The van der Waals surface area contributed by atoms with E-state index in [0.29, 0.717) is 34.3 Å². The van der Waals surface area contributed by atoms with Gasteiger partial charge >= 0.3 is 0 Å². The summed E-state index contributed by atoms with van der Waals surface area (Å²) >= 11 is 6.01. The Balaban J connectivity index is 1.73. The number of carbonyl (C=O) groups excluding carboxylic acids is 1. The molecular formula is C20H20ClFN4O2. The van der Waals surface area contributed by atoms with E-state index in [4.69, 9.17) is 16.4 Å². The highest BCUT2D eigenvalue weighted by Gasteiger charge is 2.24. The van der Waals surface area contributed by atoms with Gasteiger partial charge in [0.15, 0.2) is 5.82 Å². The maximum atomic E-state index is 15.4. The van der Waals surface area contributed by atoms with Crippen LogP contribution in [0.3, 0.4) is 0 Å². The molecule has 0 unspecified atom stereocenters. The Hall–Kier alpha value is -2.64. The van der Waals surface area contributed by atoms with Crippen LogP contribution in [-0.4, -0.2) is 22.1 Å². The maximum absolute atomic E-state index is 15.4. The third-order valence-corrected chi connectivity index (χ3v) is 5.05. The van der Waals surface area contributed by atoms with Gasteiger partial charge in [-0.3, -0.25) is 9.63 Å². The van der Waals surface area contributed by atoms with Crippen LogP contribution in [0.4, 0.5) is 15.8 Å². The average molecular weight is 403 g/mol. The predicted octanol–water partition coefficient (Wildman–Crippen LogP) is 4.49. The maximum Gasteiger partial charge on any atom is 0.277 e. The van der Waals surface area contributed by atoms with E-state index >= 15 is 4.39 Å². The molecule has 0 saturated heterocycles. The number of carbonyl (C=O) groups is 1. The van der Waals surface area contributed by atoms with Crippen molar-refractivity contribution in [3.05, 3.63) is 52.6 Å². The summed E-state index contributed by atoms with van der Waals surface area (Å²) in [5.41, 5.74) is 4.78. The van der Waals surface area contributed by atoms with E-state index < -0.39 is 11.7 Å². The Labute approximate surface area is 166 Å². The summed E-state index contributed by atoms with van der Waals surface area (Å²) < 4.78 is 17.0. The van der Waals surface area contributed by atoms with Gasteiger partial charge < -0.3 is 9.88 Å². The molecule has 2 N–H and O–H groups in total. The van der Waals surface area contributed by atoms with Crippen molar-refractivity contribution in [2.75, 3.05) is 11.9 Å². The van der Waals surface area contributed by atoms with Gasteiger partial charge in [-0.1, -0.05) is 11.6 Å². The van der Waals surface area contributed by atoms with Gasteiger partial charge in [0.1, 0.15) is 5.52 Å². The van der Waals surface area contributed by atoms with Crippen LogP contribution >= 0.6 is 11.6 Å². The number of hydrogen-bond donors (Lipinski definition) is 2. The number of hydrogen-bond acceptors (Lipinski definition) is 4. The van der Waals surface area contributed by atoms with Crippen molar-refractivity contribution in [1.82, 2.24) is 15.0 Å². The minimum absolute atomic E-state index is 0.0639. The first-order chi connectivity index (χ1) is 13.4. The average Bonchev–Trinajstić information content (AvgIpc) is 3.40. The van der Waals surface area contributed by atoms with Crippen molar-refractivity contribution in [3.8, 4) is 0 Å². The van der Waals surface area contributed by atoms with E-state index in [1.54, 1.807) is 35.9 Å². The molecule has 28 heavy (non-hydrogen) atoms. The first-order valence-electron chi connectivity index (χ1n) is 9.03. The fraction of sp³-hybridized carbons (Fsp3) is 0.300. The summed E-state index contributed by atoms with van der Waals surface area (Å²) in [6, 6.07) is 6.77. The van der Waals surface area contributed by atoms with Crippen LogP contribution in [0.1, 0.15) is 28.8 Å². The third-order valence-electron chi connectivity index (χ3n) is 4.82. The molecule has 8 heteroatoms. The number of halogens is 2. The lowest BCUT2D eigenvalue weighted by atomic mass is 10.1. The molecule has 1 amide bonds. The van der Waals surface area contributed by atoms with Gasteiger partial charge in [-0.05, 0) is 55.5 Å². The minimum Gasteiger partial charge on any atom is -0.352 e. The third kappa shape index (κ3) is 3.68. The molecule has 1 fully saturated rings. The zero-order chi connectivity index (χ0) is 19.8. The van der Waals surface area contributed by atoms with Crippen LogP contribution in [0.25, 0.3) is 11.0 Å². The van der Waals surface area contributed by atoms with E-state index in [1.807, 2.05) is 6.92 Å². The van der Waals surface area contributed by atoms with Gasteiger partial charge in [0.05, 0.1) is 29.7 Å². The van der Waals surface area contributed by atoms with E-state index in [0.717, 1.165) is 18.4 Å². The van der Waals surface area contributed by atoms with Crippen molar-refractivity contribution >= 4 is 39.9 Å². The number of aryl methyl sites for hydroxylation is 2. The molecule has 0 bridgehead atoms. The molecule has 0 radical (unpaired) electrons. The molecule has 1 aliphatic rings. The zero-order valence-corrected chi connectivity index (χ0v) is 16.3.